The number of unbranched alkanes of at least 4 members (excludes halogenated alkanes) is 1. The standard InChI is InChI=1S/C23H20FN3O3S2/c1-3-4-11-27-22(29)18(32-23(27)31)13-15-20(30-17-10-6-5-9-16(17)24)25-19-14(2)8-7-12-26(19)21(15)28/h5-10,12-13H,3-4,11H2,1-2H3/b18-13+. The third kappa shape index (κ3) is 4.18. The maximum Gasteiger partial charge on any atom is 0.269 e. The highest BCUT2D eigenvalue weighted by molar-refractivity contribution is 8.26. The fourth-order valence-corrected chi connectivity index (χ4v) is 4.56. The molecule has 0 spiro atoms. The van der Waals surface area contributed by atoms with E-state index in [-0.39, 0.29) is 23.1 Å². The van der Waals surface area contributed by atoms with Crippen molar-refractivity contribution in [3.05, 3.63) is 74.8 Å². The summed E-state index contributed by atoms with van der Waals surface area (Å²) in [5.74, 6) is -0.995. The number of thioether (sulfide) groups is 1. The normalized spacial score (nSPS) is 15.2. The van der Waals surface area contributed by atoms with Crippen LogP contribution in [-0.2, 0) is 4.79 Å². The number of aromatic nitrogens is 2. The van der Waals surface area contributed by atoms with E-state index >= 15 is 0 Å². The number of halogens is 1. The second-order valence-corrected chi connectivity index (χ2v) is 8.92. The maximum atomic E-state index is 14.3. The molecule has 0 aliphatic carbocycles. The summed E-state index contributed by atoms with van der Waals surface area (Å²) in [5, 5.41) is 0. The molecule has 1 saturated heterocycles. The van der Waals surface area contributed by atoms with Gasteiger partial charge in [-0.25, -0.2) is 4.39 Å². The number of hydrogen-bond donors (Lipinski definition) is 0. The van der Waals surface area contributed by atoms with Gasteiger partial charge in [-0.1, -0.05) is 55.5 Å². The summed E-state index contributed by atoms with van der Waals surface area (Å²) < 4.78 is 21.8. The van der Waals surface area contributed by atoms with Gasteiger partial charge in [0.15, 0.2) is 11.6 Å². The van der Waals surface area contributed by atoms with Gasteiger partial charge in [-0.15, -0.1) is 0 Å². The van der Waals surface area contributed by atoms with Crippen LogP contribution in [0, 0.1) is 12.7 Å². The molecule has 0 N–H and O–H groups in total. The predicted octanol–water partition coefficient (Wildman–Crippen LogP) is 4.94. The number of ether oxygens (including phenoxy) is 1. The number of carbonyl (C=O) groups is 1. The summed E-state index contributed by atoms with van der Waals surface area (Å²) in [4.78, 5) is 32.6. The lowest BCUT2D eigenvalue weighted by molar-refractivity contribution is -0.122. The molecular formula is C23H20FN3O3S2. The van der Waals surface area contributed by atoms with Gasteiger partial charge >= 0.3 is 0 Å². The molecule has 6 nitrogen and oxygen atoms in total. The molecule has 1 amide bonds. The first-order valence-corrected chi connectivity index (χ1v) is 11.3. The Morgan fingerprint density at radius 2 is 2.00 bits per heavy atom. The lowest BCUT2D eigenvalue weighted by Crippen LogP contribution is -2.29. The van der Waals surface area contributed by atoms with Crippen LogP contribution in [0.25, 0.3) is 11.7 Å². The van der Waals surface area contributed by atoms with Gasteiger partial charge in [-0.05, 0) is 43.2 Å². The third-order valence-corrected chi connectivity index (χ3v) is 6.35. The Balaban J connectivity index is 1.86. The first kappa shape index (κ1) is 22.2. The monoisotopic (exact) mass is 469 g/mol. The maximum absolute atomic E-state index is 14.3. The smallest absolute Gasteiger partial charge is 0.269 e. The first-order valence-electron chi connectivity index (χ1n) is 10.1. The molecule has 1 fully saturated rings. The molecule has 4 rings (SSSR count). The van der Waals surface area contributed by atoms with Crippen molar-refractivity contribution in [3.8, 4) is 11.6 Å². The van der Waals surface area contributed by atoms with E-state index in [1.807, 2.05) is 19.9 Å². The van der Waals surface area contributed by atoms with E-state index in [1.165, 1.54) is 33.6 Å². The van der Waals surface area contributed by atoms with Crippen LogP contribution in [0.1, 0.15) is 30.9 Å². The van der Waals surface area contributed by atoms with Gasteiger partial charge in [0.25, 0.3) is 11.5 Å². The Hall–Kier alpha value is -3.04. The Labute approximate surface area is 193 Å². The quantitative estimate of drug-likeness (QED) is 0.377. The highest BCUT2D eigenvalue weighted by Crippen LogP contribution is 2.34. The molecule has 9 heteroatoms. The minimum absolute atomic E-state index is 0.0485. The van der Waals surface area contributed by atoms with Gasteiger partial charge in [0.2, 0.25) is 5.88 Å². The lowest BCUT2D eigenvalue weighted by Gasteiger charge is -2.13. The van der Waals surface area contributed by atoms with Crippen molar-refractivity contribution in [3.63, 3.8) is 0 Å². The van der Waals surface area contributed by atoms with Gasteiger partial charge in [-0.2, -0.15) is 4.98 Å². The van der Waals surface area contributed by atoms with Crippen LogP contribution in [0.15, 0.2) is 52.3 Å². The van der Waals surface area contributed by atoms with Crippen LogP contribution in [0.5, 0.6) is 11.6 Å². The van der Waals surface area contributed by atoms with Crippen LogP contribution in [-0.4, -0.2) is 31.1 Å². The highest BCUT2D eigenvalue weighted by atomic mass is 32.2. The van der Waals surface area contributed by atoms with Gasteiger partial charge in [0.1, 0.15) is 15.5 Å². The Bertz CT molecular complexity index is 1320. The van der Waals surface area contributed by atoms with Crippen LogP contribution >= 0.6 is 24.0 Å². The number of aryl methyl sites for hydroxylation is 1. The number of carbonyl (C=O) groups excluding carboxylic acids is 1. The second kappa shape index (κ2) is 9.22. The van der Waals surface area contributed by atoms with Crippen molar-refractivity contribution in [2.75, 3.05) is 6.54 Å². The SMILES string of the molecule is CCCCN1C(=O)/C(=C\c2c(Oc3ccccc3F)nc3c(C)cccn3c2=O)SC1=S. The van der Waals surface area contributed by atoms with Gasteiger partial charge < -0.3 is 4.74 Å². The van der Waals surface area contributed by atoms with Crippen molar-refractivity contribution < 1.29 is 13.9 Å². The fourth-order valence-electron chi connectivity index (χ4n) is 3.27. The van der Waals surface area contributed by atoms with E-state index in [0.717, 1.165) is 30.2 Å². The minimum Gasteiger partial charge on any atom is -0.435 e. The Morgan fingerprint density at radius 3 is 2.75 bits per heavy atom. The summed E-state index contributed by atoms with van der Waals surface area (Å²) in [6, 6.07) is 9.41. The number of nitrogens with zero attached hydrogens (tertiary/aromatic N) is 3. The molecule has 1 aromatic carbocycles. The summed E-state index contributed by atoms with van der Waals surface area (Å²) in [7, 11) is 0. The van der Waals surface area contributed by atoms with Crippen molar-refractivity contribution >= 4 is 45.9 Å². The molecule has 32 heavy (non-hydrogen) atoms. The van der Waals surface area contributed by atoms with E-state index in [9.17, 15) is 14.0 Å². The van der Waals surface area contributed by atoms with Crippen molar-refractivity contribution in [2.45, 2.75) is 26.7 Å². The lowest BCUT2D eigenvalue weighted by atomic mass is 10.2. The van der Waals surface area contributed by atoms with Crippen LogP contribution in [0.4, 0.5) is 4.39 Å². The van der Waals surface area contributed by atoms with Gasteiger partial charge in [0, 0.05) is 12.7 Å². The average Bonchev–Trinajstić information content (AvgIpc) is 3.04. The number of para-hydroxylation sites is 1. The number of rotatable bonds is 6. The summed E-state index contributed by atoms with van der Waals surface area (Å²) in [6.45, 7) is 4.36. The van der Waals surface area contributed by atoms with E-state index in [4.69, 9.17) is 17.0 Å². The Morgan fingerprint density at radius 1 is 1.22 bits per heavy atom. The number of benzene rings is 1. The van der Waals surface area contributed by atoms with E-state index in [0.29, 0.717) is 21.4 Å². The zero-order valence-electron chi connectivity index (χ0n) is 17.5. The van der Waals surface area contributed by atoms with Crippen molar-refractivity contribution in [1.29, 1.82) is 0 Å². The Kier molecular flexibility index (Phi) is 6.38. The molecule has 2 aromatic heterocycles. The van der Waals surface area contributed by atoms with Crippen LogP contribution in [0.3, 0.4) is 0 Å². The molecular weight excluding hydrogens is 449 g/mol. The summed E-state index contributed by atoms with van der Waals surface area (Å²) in [5.41, 5.74) is 0.758. The van der Waals surface area contributed by atoms with E-state index in [1.54, 1.807) is 18.3 Å². The highest BCUT2D eigenvalue weighted by Gasteiger charge is 2.32. The third-order valence-electron chi connectivity index (χ3n) is 4.98. The van der Waals surface area contributed by atoms with E-state index < -0.39 is 11.4 Å². The van der Waals surface area contributed by atoms with Gasteiger partial charge in [0.05, 0.1) is 4.91 Å². The van der Waals surface area contributed by atoms with Crippen molar-refractivity contribution in [1.82, 2.24) is 14.3 Å². The average molecular weight is 470 g/mol. The number of thiocarbonyl (C=S) groups is 1. The molecule has 1 aliphatic rings. The predicted molar refractivity (Wildman–Crippen MR) is 127 cm³/mol. The van der Waals surface area contributed by atoms with E-state index in [2.05, 4.69) is 4.98 Å². The number of amides is 1. The summed E-state index contributed by atoms with van der Waals surface area (Å²) >= 11 is 6.48. The largest absolute Gasteiger partial charge is 0.435 e. The molecule has 0 atom stereocenters. The molecule has 0 unspecified atom stereocenters. The summed E-state index contributed by atoms with van der Waals surface area (Å²) in [6.07, 6.45) is 4.77. The second-order valence-electron chi connectivity index (χ2n) is 7.24. The van der Waals surface area contributed by atoms with Gasteiger partial charge in [-0.3, -0.25) is 18.9 Å². The number of pyridine rings is 1. The van der Waals surface area contributed by atoms with Crippen LogP contribution < -0.4 is 10.3 Å². The minimum atomic E-state index is -0.587. The number of fused-ring (bicyclic) bond motifs is 1. The molecule has 164 valence electrons. The molecule has 0 saturated carbocycles. The number of hydrogen-bond acceptors (Lipinski definition) is 6. The van der Waals surface area contributed by atoms with Crippen molar-refractivity contribution in [2.24, 2.45) is 0 Å². The fraction of sp³-hybridized carbons (Fsp3) is 0.217. The van der Waals surface area contributed by atoms with Crippen LogP contribution in [0.2, 0.25) is 0 Å². The molecule has 0 bridgehead atoms. The zero-order chi connectivity index (χ0) is 22.8. The molecule has 1 aliphatic heterocycles. The molecule has 0 radical (unpaired) electrons. The molecule has 3 aromatic rings. The zero-order valence-corrected chi connectivity index (χ0v) is 19.1. The first-order chi connectivity index (χ1) is 15.4. The molecule has 3 heterocycles. The topological polar surface area (TPSA) is 63.9 Å².